The third-order valence-electron chi connectivity index (χ3n) is 2.67. The molecule has 0 amide bonds. The average molecular weight is 302 g/mol. The summed E-state index contributed by atoms with van der Waals surface area (Å²) >= 11 is 0. The van der Waals surface area contributed by atoms with Gasteiger partial charge in [-0.3, -0.25) is 0 Å². The third kappa shape index (κ3) is 4.07. The van der Waals surface area contributed by atoms with E-state index in [1.54, 1.807) is 0 Å². The summed E-state index contributed by atoms with van der Waals surface area (Å²) in [5, 5.41) is 6.45. The Morgan fingerprint density at radius 3 is 2.81 bits per heavy atom. The van der Waals surface area contributed by atoms with Crippen molar-refractivity contribution in [3.63, 3.8) is 0 Å². The molecule has 116 valence electrons. The molecule has 0 saturated heterocycles. The van der Waals surface area contributed by atoms with Gasteiger partial charge in [0.25, 0.3) is 0 Å². The normalized spacial score (nSPS) is 12.3. The molecule has 2 aromatic heterocycles. The highest BCUT2D eigenvalue weighted by atomic mass is 19.4. The van der Waals surface area contributed by atoms with E-state index in [-0.39, 0.29) is 5.52 Å². The number of fused-ring (bicyclic) bond motifs is 1. The van der Waals surface area contributed by atoms with Crippen LogP contribution in [0, 0.1) is 5.92 Å². The average Bonchev–Trinajstić information content (AvgIpc) is 2.82. The molecule has 0 unspecified atom stereocenters. The lowest BCUT2D eigenvalue weighted by Crippen LogP contribution is -2.13. The minimum Gasteiger partial charge on any atom is -0.379 e. The Morgan fingerprint density at radius 1 is 1.38 bits per heavy atom. The van der Waals surface area contributed by atoms with Crippen LogP contribution in [0.3, 0.4) is 0 Å². The predicted molar refractivity (Wildman–Crippen MR) is 72.1 cm³/mol. The fourth-order valence-corrected chi connectivity index (χ4v) is 1.76. The van der Waals surface area contributed by atoms with Gasteiger partial charge in [0.15, 0.2) is 11.5 Å². The molecule has 0 atom stereocenters. The van der Waals surface area contributed by atoms with Gasteiger partial charge in [0.2, 0.25) is 0 Å². The highest BCUT2D eigenvalue weighted by Gasteiger charge is 2.34. The number of rotatable bonds is 6. The van der Waals surface area contributed by atoms with Gasteiger partial charge in [-0.25, -0.2) is 9.50 Å². The van der Waals surface area contributed by atoms with Gasteiger partial charge in [-0.1, -0.05) is 13.8 Å². The zero-order chi connectivity index (χ0) is 15.5. The van der Waals surface area contributed by atoms with Crippen LogP contribution in [-0.2, 0) is 10.9 Å². The molecule has 0 aliphatic carbocycles. The van der Waals surface area contributed by atoms with Gasteiger partial charge in [0.05, 0.1) is 6.61 Å². The Morgan fingerprint density at radius 2 is 2.14 bits per heavy atom. The minimum atomic E-state index is -4.47. The van der Waals surface area contributed by atoms with Crippen LogP contribution < -0.4 is 5.32 Å². The molecule has 0 fully saturated rings. The summed E-state index contributed by atoms with van der Waals surface area (Å²) in [5.41, 5.74) is -0.650. The van der Waals surface area contributed by atoms with E-state index < -0.39 is 11.9 Å². The molecule has 2 rings (SSSR count). The summed E-state index contributed by atoms with van der Waals surface area (Å²) in [6, 6.07) is 0.976. The van der Waals surface area contributed by atoms with Crippen LogP contribution in [0.1, 0.15) is 19.5 Å². The number of nitrogens with zero attached hydrogens (tertiary/aromatic N) is 3. The SMILES string of the molecule is CC(C)COCCNc1nccn2nc(C(F)(F)F)cc12. The largest absolute Gasteiger partial charge is 0.435 e. The third-order valence-corrected chi connectivity index (χ3v) is 2.67. The standard InChI is InChI=1S/C13H17F3N4O/c1-9(2)8-21-6-4-18-12-10-7-11(13(14,15)16)19-20(10)5-3-17-12/h3,5,7,9H,4,6,8H2,1-2H3,(H,17,18). The molecule has 0 saturated carbocycles. The monoisotopic (exact) mass is 302 g/mol. The van der Waals surface area contributed by atoms with E-state index in [4.69, 9.17) is 4.74 Å². The van der Waals surface area contributed by atoms with Crippen LogP contribution in [0.25, 0.3) is 5.52 Å². The number of anilines is 1. The van der Waals surface area contributed by atoms with Crippen LogP contribution >= 0.6 is 0 Å². The number of nitrogens with one attached hydrogen (secondary N) is 1. The molecule has 0 bridgehead atoms. The smallest absolute Gasteiger partial charge is 0.379 e. The van der Waals surface area contributed by atoms with Crippen molar-refractivity contribution in [1.82, 2.24) is 14.6 Å². The Labute approximate surface area is 120 Å². The lowest BCUT2D eigenvalue weighted by molar-refractivity contribution is -0.141. The first-order chi connectivity index (χ1) is 9.88. The second-order valence-corrected chi connectivity index (χ2v) is 5.03. The lowest BCUT2D eigenvalue weighted by Gasteiger charge is -2.09. The Kier molecular flexibility index (Phi) is 4.66. The van der Waals surface area contributed by atoms with Crippen molar-refractivity contribution in [3.8, 4) is 0 Å². The maximum absolute atomic E-state index is 12.6. The second kappa shape index (κ2) is 6.30. The van der Waals surface area contributed by atoms with E-state index in [0.29, 0.717) is 31.5 Å². The molecule has 2 heterocycles. The number of ether oxygens (including phenoxy) is 1. The zero-order valence-electron chi connectivity index (χ0n) is 11.8. The summed E-state index contributed by atoms with van der Waals surface area (Å²) in [7, 11) is 0. The first-order valence-electron chi connectivity index (χ1n) is 6.61. The maximum Gasteiger partial charge on any atom is 0.435 e. The van der Waals surface area contributed by atoms with Gasteiger partial charge >= 0.3 is 6.18 Å². The van der Waals surface area contributed by atoms with Crippen LogP contribution in [0.15, 0.2) is 18.5 Å². The van der Waals surface area contributed by atoms with E-state index >= 15 is 0 Å². The quantitative estimate of drug-likeness (QED) is 0.834. The maximum atomic E-state index is 12.6. The fourth-order valence-electron chi connectivity index (χ4n) is 1.76. The summed E-state index contributed by atoms with van der Waals surface area (Å²) in [6.45, 7) is 5.65. The van der Waals surface area contributed by atoms with E-state index in [2.05, 4.69) is 15.4 Å². The topological polar surface area (TPSA) is 51.5 Å². The lowest BCUT2D eigenvalue weighted by atomic mass is 10.2. The zero-order valence-corrected chi connectivity index (χ0v) is 11.8. The number of hydrogen-bond donors (Lipinski definition) is 1. The van der Waals surface area contributed by atoms with E-state index in [0.717, 1.165) is 10.6 Å². The number of halogens is 3. The molecule has 0 aliphatic heterocycles. The van der Waals surface area contributed by atoms with Gasteiger partial charge in [0, 0.05) is 31.6 Å². The van der Waals surface area contributed by atoms with Crippen LogP contribution in [0.4, 0.5) is 19.0 Å². The number of alkyl halides is 3. The number of aromatic nitrogens is 3. The Balaban J connectivity index is 2.04. The molecule has 0 aliphatic rings. The highest BCUT2D eigenvalue weighted by Crippen LogP contribution is 2.29. The van der Waals surface area contributed by atoms with Crippen molar-refractivity contribution in [2.75, 3.05) is 25.1 Å². The molecule has 1 N–H and O–H groups in total. The summed E-state index contributed by atoms with van der Waals surface area (Å²) < 4.78 is 44.5. The van der Waals surface area contributed by atoms with Crippen LogP contribution in [-0.4, -0.2) is 34.4 Å². The second-order valence-electron chi connectivity index (χ2n) is 5.03. The molecular weight excluding hydrogens is 285 g/mol. The van der Waals surface area contributed by atoms with Gasteiger partial charge in [0.1, 0.15) is 5.52 Å². The van der Waals surface area contributed by atoms with Crippen molar-refractivity contribution in [2.24, 2.45) is 5.92 Å². The van der Waals surface area contributed by atoms with Crippen molar-refractivity contribution in [2.45, 2.75) is 20.0 Å². The molecular formula is C13H17F3N4O. The summed E-state index contributed by atoms with van der Waals surface area (Å²) in [4.78, 5) is 4.04. The van der Waals surface area contributed by atoms with Crippen molar-refractivity contribution in [3.05, 3.63) is 24.2 Å². The first kappa shape index (κ1) is 15.6. The molecule has 2 aromatic rings. The molecule has 0 aromatic carbocycles. The van der Waals surface area contributed by atoms with E-state index in [9.17, 15) is 13.2 Å². The Hall–Kier alpha value is -1.83. The van der Waals surface area contributed by atoms with Crippen molar-refractivity contribution in [1.29, 1.82) is 0 Å². The van der Waals surface area contributed by atoms with Crippen LogP contribution in [0.2, 0.25) is 0 Å². The van der Waals surface area contributed by atoms with Crippen molar-refractivity contribution >= 4 is 11.3 Å². The molecule has 0 radical (unpaired) electrons. The summed E-state index contributed by atoms with van der Waals surface area (Å²) in [5.74, 6) is 0.796. The Bertz CT molecular complexity index is 595. The van der Waals surface area contributed by atoms with Gasteiger partial charge in [-0.05, 0) is 5.92 Å². The van der Waals surface area contributed by atoms with E-state index in [1.807, 2.05) is 13.8 Å². The van der Waals surface area contributed by atoms with Crippen molar-refractivity contribution < 1.29 is 17.9 Å². The molecule has 21 heavy (non-hydrogen) atoms. The van der Waals surface area contributed by atoms with Gasteiger partial charge < -0.3 is 10.1 Å². The van der Waals surface area contributed by atoms with Gasteiger partial charge in [-0.2, -0.15) is 18.3 Å². The highest BCUT2D eigenvalue weighted by molar-refractivity contribution is 5.67. The predicted octanol–water partition coefficient (Wildman–Crippen LogP) is 2.83. The minimum absolute atomic E-state index is 0.286. The molecule has 8 heteroatoms. The van der Waals surface area contributed by atoms with E-state index in [1.165, 1.54) is 12.4 Å². The first-order valence-corrected chi connectivity index (χ1v) is 6.61. The summed E-state index contributed by atoms with van der Waals surface area (Å²) in [6.07, 6.45) is -1.69. The molecule has 0 spiro atoms. The number of hydrogen-bond acceptors (Lipinski definition) is 4. The molecule has 5 nitrogen and oxygen atoms in total. The van der Waals surface area contributed by atoms with Gasteiger partial charge in [-0.15, -0.1) is 0 Å². The fraction of sp³-hybridized carbons (Fsp3) is 0.538. The van der Waals surface area contributed by atoms with Crippen LogP contribution in [0.5, 0.6) is 0 Å².